The lowest BCUT2D eigenvalue weighted by atomic mass is 10.0. The van der Waals surface area contributed by atoms with Crippen molar-refractivity contribution in [3.8, 4) is 0 Å². The van der Waals surface area contributed by atoms with E-state index in [4.69, 9.17) is 9.47 Å². The Morgan fingerprint density at radius 2 is 1.40 bits per heavy atom. The van der Waals surface area contributed by atoms with Crippen LogP contribution in [-0.4, -0.2) is 25.2 Å². The Morgan fingerprint density at radius 3 is 1.90 bits per heavy atom. The minimum atomic E-state index is -0.365. The average molecular weight is 286 g/mol. The van der Waals surface area contributed by atoms with Crippen LogP contribution in [0.3, 0.4) is 0 Å². The summed E-state index contributed by atoms with van der Waals surface area (Å²) in [5.74, 6) is -0.928. The zero-order valence-electron chi connectivity index (χ0n) is 13.3. The summed E-state index contributed by atoms with van der Waals surface area (Å²) in [6, 6.07) is 0. The molecule has 118 valence electrons. The molecular formula is C16H30O4. The van der Waals surface area contributed by atoms with Crippen LogP contribution in [0.2, 0.25) is 0 Å². The van der Waals surface area contributed by atoms with E-state index in [1.807, 2.05) is 6.92 Å². The minimum absolute atomic E-state index is 0.134. The van der Waals surface area contributed by atoms with Crippen molar-refractivity contribution in [1.29, 1.82) is 0 Å². The number of unbranched alkanes of at least 4 members (excludes halogenated alkanes) is 4. The van der Waals surface area contributed by atoms with Gasteiger partial charge in [-0.2, -0.15) is 0 Å². The number of hydrogen-bond donors (Lipinski definition) is 0. The molecule has 0 aromatic carbocycles. The second kappa shape index (κ2) is 12.9. The second-order valence-electron chi connectivity index (χ2n) is 5.11. The molecule has 1 unspecified atom stereocenters. The maximum Gasteiger partial charge on any atom is 0.309 e. The molecule has 0 aliphatic rings. The van der Waals surface area contributed by atoms with Gasteiger partial charge in [-0.1, -0.05) is 46.5 Å². The minimum Gasteiger partial charge on any atom is -0.466 e. The molecule has 0 N–H and O–H groups in total. The fourth-order valence-electron chi connectivity index (χ4n) is 1.84. The fourth-order valence-corrected chi connectivity index (χ4v) is 1.84. The van der Waals surface area contributed by atoms with E-state index >= 15 is 0 Å². The third kappa shape index (κ3) is 9.82. The average Bonchev–Trinajstić information content (AvgIpc) is 2.45. The Kier molecular flexibility index (Phi) is 12.3. The number of esters is 2. The van der Waals surface area contributed by atoms with Gasteiger partial charge in [0, 0.05) is 0 Å². The lowest BCUT2D eigenvalue weighted by molar-refractivity contribution is -0.155. The molecule has 0 aliphatic carbocycles. The van der Waals surface area contributed by atoms with E-state index in [0.717, 1.165) is 38.5 Å². The summed E-state index contributed by atoms with van der Waals surface area (Å²) in [6.45, 7) is 7.00. The van der Waals surface area contributed by atoms with Gasteiger partial charge in [0.25, 0.3) is 0 Å². The van der Waals surface area contributed by atoms with Gasteiger partial charge in [0.1, 0.15) is 0 Å². The maximum atomic E-state index is 11.8. The molecule has 0 fully saturated rings. The fraction of sp³-hybridized carbons (Fsp3) is 0.875. The van der Waals surface area contributed by atoms with Gasteiger partial charge in [-0.3, -0.25) is 9.59 Å². The van der Waals surface area contributed by atoms with E-state index in [0.29, 0.717) is 19.6 Å². The van der Waals surface area contributed by atoms with Crippen molar-refractivity contribution < 1.29 is 19.1 Å². The van der Waals surface area contributed by atoms with Crippen molar-refractivity contribution in [3.05, 3.63) is 0 Å². The van der Waals surface area contributed by atoms with Crippen molar-refractivity contribution in [3.63, 3.8) is 0 Å². The quantitative estimate of drug-likeness (QED) is 0.404. The highest BCUT2D eigenvalue weighted by molar-refractivity contribution is 5.79. The number of carbonyl (C=O) groups is 2. The first-order valence-corrected chi connectivity index (χ1v) is 7.97. The molecule has 0 saturated carbocycles. The van der Waals surface area contributed by atoms with Gasteiger partial charge in [-0.25, -0.2) is 0 Å². The molecule has 20 heavy (non-hydrogen) atoms. The number of rotatable bonds is 12. The summed E-state index contributed by atoms with van der Waals surface area (Å²) in [7, 11) is 0. The molecule has 0 aliphatic heterocycles. The predicted octanol–water partition coefficient (Wildman–Crippen LogP) is 3.87. The molecule has 0 amide bonds. The molecule has 0 spiro atoms. The third-order valence-corrected chi connectivity index (χ3v) is 3.24. The van der Waals surface area contributed by atoms with Gasteiger partial charge in [0.15, 0.2) is 0 Å². The summed E-state index contributed by atoms with van der Waals surface area (Å²) in [5.41, 5.74) is 0. The van der Waals surface area contributed by atoms with Crippen molar-refractivity contribution in [2.75, 3.05) is 13.2 Å². The Hall–Kier alpha value is -1.06. The Balaban J connectivity index is 3.87. The van der Waals surface area contributed by atoms with E-state index in [1.165, 1.54) is 0 Å². The second-order valence-corrected chi connectivity index (χ2v) is 5.11. The van der Waals surface area contributed by atoms with Crippen LogP contribution in [-0.2, 0) is 19.1 Å². The molecule has 4 nitrogen and oxygen atoms in total. The van der Waals surface area contributed by atoms with Crippen molar-refractivity contribution in [2.24, 2.45) is 5.92 Å². The standard InChI is InChI=1S/C16H30O4/c1-4-7-9-11-19-15(17)13-14(6-3)16(18)20-12-10-8-5-2/h14H,4-13H2,1-3H3. The van der Waals surface area contributed by atoms with Crippen molar-refractivity contribution in [1.82, 2.24) is 0 Å². The maximum absolute atomic E-state index is 11.8. The summed E-state index contributed by atoms with van der Waals surface area (Å²) in [4.78, 5) is 23.4. The van der Waals surface area contributed by atoms with E-state index in [9.17, 15) is 9.59 Å². The number of ether oxygens (including phenoxy) is 2. The number of carbonyl (C=O) groups excluding carboxylic acids is 2. The molecule has 0 bridgehead atoms. The molecule has 0 saturated heterocycles. The number of hydrogen-bond acceptors (Lipinski definition) is 4. The highest BCUT2D eigenvalue weighted by Crippen LogP contribution is 2.12. The zero-order chi connectivity index (χ0) is 15.2. The van der Waals surface area contributed by atoms with Crippen LogP contribution >= 0.6 is 0 Å². The molecule has 0 heterocycles. The first kappa shape index (κ1) is 18.9. The summed E-state index contributed by atoms with van der Waals surface area (Å²) in [5, 5.41) is 0. The molecule has 0 aromatic heterocycles. The van der Waals surface area contributed by atoms with Gasteiger partial charge in [0.05, 0.1) is 25.6 Å². The Bertz CT molecular complexity index is 263. The van der Waals surface area contributed by atoms with E-state index in [-0.39, 0.29) is 24.3 Å². The van der Waals surface area contributed by atoms with Gasteiger partial charge < -0.3 is 9.47 Å². The topological polar surface area (TPSA) is 52.6 Å². The first-order valence-electron chi connectivity index (χ1n) is 7.97. The summed E-state index contributed by atoms with van der Waals surface area (Å²) in [6.07, 6.45) is 6.83. The first-order chi connectivity index (χ1) is 9.65. The summed E-state index contributed by atoms with van der Waals surface area (Å²) < 4.78 is 10.3. The SMILES string of the molecule is CCCCCOC(=O)CC(CC)C(=O)OCCCCC. The van der Waals surface area contributed by atoms with Crippen LogP contribution in [0.1, 0.15) is 72.1 Å². The van der Waals surface area contributed by atoms with Crippen LogP contribution in [0.5, 0.6) is 0 Å². The monoisotopic (exact) mass is 286 g/mol. The summed E-state index contributed by atoms with van der Waals surface area (Å²) >= 11 is 0. The largest absolute Gasteiger partial charge is 0.466 e. The Labute approximate surface area is 123 Å². The molecule has 4 heteroatoms. The van der Waals surface area contributed by atoms with Crippen LogP contribution in [0, 0.1) is 5.92 Å². The highest BCUT2D eigenvalue weighted by Gasteiger charge is 2.22. The van der Waals surface area contributed by atoms with Crippen LogP contribution in [0.4, 0.5) is 0 Å². The smallest absolute Gasteiger partial charge is 0.309 e. The molecule has 0 aromatic rings. The van der Waals surface area contributed by atoms with Crippen molar-refractivity contribution in [2.45, 2.75) is 72.1 Å². The van der Waals surface area contributed by atoms with Crippen molar-refractivity contribution >= 4 is 11.9 Å². The lowest BCUT2D eigenvalue weighted by Gasteiger charge is -2.13. The van der Waals surface area contributed by atoms with Crippen LogP contribution in [0.15, 0.2) is 0 Å². The van der Waals surface area contributed by atoms with Crippen LogP contribution in [0.25, 0.3) is 0 Å². The molecule has 1 atom stereocenters. The molecular weight excluding hydrogens is 256 g/mol. The van der Waals surface area contributed by atoms with Gasteiger partial charge >= 0.3 is 11.9 Å². The van der Waals surface area contributed by atoms with E-state index < -0.39 is 0 Å². The normalized spacial score (nSPS) is 11.9. The van der Waals surface area contributed by atoms with Gasteiger partial charge in [0.2, 0.25) is 0 Å². The zero-order valence-corrected chi connectivity index (χ0v) is 13.3. The molecule has 0 radical (unpaired) electrons. The van der Waals surface area contributed by atoms with Gasteiger partial charge in [-0.05, 0) is 19.3 Å². The Morgan fingerprint density at radius 1 is 0.850 bits per heavy atom. The third-order valence-electron chi connectivity index (χ3n) is 3.24. The van der Waals surface area contributed by atoms with E-state index in [2.05, 4.69) is 13.8 Å². The van der Waals surface area contributed by atoms with E-state index in [1.54, 1.807) is 0 Å². The van der Waals surface area contributed by atoms with Gasteiger partial charge in [-0.15, -0.1) is 0 Å². The predicted molar refractivity (Wildman–Crippen MR) is 79.4 cm³/mol. The highest BCUT2D eigenvalue weighted by atomic mass is 16.5. The van der Waals surface area contributed by atoms with Crippen LogP contribution < -0.4 is 0 Å². The molecule has 0 rings (SSSR count). The lowest BCUT2D eigenvalue weighted by Crippen LogP contribution is -2.22.